The second kappa shape index (κ2) is 5.93. The van der Waals surface area contributed by atoms with Crippen molar-refractivity contribution in [1.29, 1.82) is 0 Å². The molecular weight excluding hydrogens is 266 g/mol. The van der Waals surface area contributed by atoms with Crippen LogP contribution in [0, 0.1) is 0 Å². The number of methoxy groups -OCH3 is 1. The van der Waals surface area contributed by atoms with Gasteiger partial charge in [0.2, 0.25) is 0 Å². The van der Waals surface area contributed by atoms with Crippen LogP contribution in [-0.2, 0) is 11.3 Å². The molecule has 108 valence electrons. The van der Waals surface area contributed by atoms with E-state index in [2.05, 4.69) is 9.97 Å². The zero-order valence-electron chi connectivity index (χ0n) is 11.9. The number of benzene rings is 1. The molecule has 0 atom stereocenters. The molecule has 0 aliphatic rings. The third-order valence-electron chi connectivity index (χ3n) is 3.49. The van der Waals surface area contributed by atoms with Crippen molar-refractivity contribution >= 4 is 11.0 Å². The molecule has 0 aliphatic heterocycles. The molecule has 0 spiro atoms. The Balaban J connectivity index is 2.01. The molecule has 1 N–H and O–H groups in total. The van der Waals surface area contributed by atoms with E-state index >= 15 is 0 Å². The van der Waals surface area contributed by atoms with Crippen LogP contribution >= 0.6 is 0 Å². The summed E-state index contributed by atoms with van der Waals surface area (Å²) in [6.07, 6.45) is 4.24. The van der Waals surface area contributed by atoms with Gasteiger partial charge >= 0.3 is 0 Å². The summed E-state index contributed by atoms with van der Waals surface area (Å²) in [6.45, 7) is 1.24. The fourth-order valence-electron chi connectivity index (χ4n) is 2.41. The lowest BCUT2D eigenvalue weighted by atomic mass is 10.1. The topological polar surface area (TPSA) is 59.9 Å². The highest BCUT2D eigenvalue weighted by Gasteiger charge is 2.11. The lowest BCUT2D eigenvalue weighted by Gasteiger charge is -2.05. The Morgan fingerprint density at radius 1 is 1.29 bits per heavy atom. The lowest BCUT2D eigenvalue weighted by molar-refractivity contribution is 0.190. The van der Waals surface area contributed by atoms with Crippen molar-refractivity contribution in [3.63, 3.8) is 0 Å². The van der Waals surface area contributed by atoms with Crippen LogP contribution in [0.15, 0.2) is 47.7 Å². The zero-order chi connectivity index (χ0) is 14.7. The maximum atomic E-state index is 12.4. The van der Waals surface area contributed by atoms with Gasteiger partial charge in [-0.1, -0.05) is 30.3 Å². The van der Waals surface area contributed by atoms with E-state index in [0.717, 1.165) is 17.5 Å². The molecule has 3 aromatic rings. The minimum Gasteiger partial charge on any atom is -0.385 e. The number of aryl methyl sites for hydroxylation is 1. The van der Waals surface area contributed by atoms with E-state index in [0.29, 0.717) is 24.2 Å². The van der Waals surface area contributed by atoms with Crippen molar-refractivity contribution in [2.24, 2.45) is 0 Å². The van der Waals surface area contributed by atoms with E-state index in [1.807, 2.05) is 36.5 Å². The van der Waals surface area contributed by atoms with Gasteiger partial charge in [0, 0.05) is 32.0 Å². The third kappa shape index (κ3) is 2.60. The van der Waals surface area contributed by atoms with Crippen LogP contribution in [-0.4, -0.2) is 28.3 Å². The maximum absolute atomic E-state index is 12.4. The molecule has 0 saturated heterocycles. The Morgan fingerprint density at radius 3 is 2.86 bits per heavy atom. The van der Waals surface area contributed by atoms with Crippen LogP contribution in [0.1, 0.15) is 6.42 Å². The average Bonchev–Trinajstić information content (AvgIpc) is 2.95. The molecule has 21 heavy (non-hydrogen) atoms. The van der Waals surface area contributed by atoms with Gasteiger partial charge in [-0.15, -0.1) is 0 Å². The van der Waals surface area contributed by atoms with E-state index in [1.165, 1.54) is 0 Å². The number of hydrogen-bond donors (Lipinski definition) is 1. The number of hydrogen-bond acceptors (Lipinski definition) is 3. The Kier molecular flexibility index (Phi) is 3.83. The molecular formula is C16H17N3O2. The molecule has 0 fully saturated rings. The first-order chi connectivity index (χ1) is 10.3. The molecule has 0 radical (unpaired) electrons. The summed E-state index contributed by atoms with van der Waals surface area (Å²) in [6, 6.07) is 9.93. The van der Waals surface area contributed by atoms with Gasteiger partial charge in [-0.2, -0.15) is 0 Å². The summed E-state index contributed by atoms with van der Waals surface area (Å²) in [7, 11) is 1.65. The fourth-order valence-corrected chi connectivity index (χ4v) is 2.41. The van der Waals surface area contributed by atoms with Crippen LogP contribution in [0.2, 0.25) is 0 Å². The van der Waals surface area contributed by atoms with Crippen molar-refractivity contribution in [1.82, 2.24) is 14.5 Å². The van der Waals surface area contributed by atoms with E-state index in [1.54, 1.807) is 18.0 Å². The number of ether oxygens (including phenoxy) is 1. The first-order valence-corrected chi connectivity index (χ1v) is 6.92. The number of aromatic nitrogens is 3. The number of nitrogens with one attached hydrogen (secondary N) is 1. The van der Waals surface area contributed by atoms with Crippen LogP contribution < -0.4 is 5.56 Å². The van der Waals surface area contributed by atoms with E-state index in [-0.39, 0.29) is 5.56 Å². The predicted octanol–water partition coefficient (Wildman–Crippen LogP) is 2.43. The summed E-state index contributed by atoms with van der Waals surface area (Å²) < 4.78 is 6.63. The van der Waals surface area contributed by atoms with Crippen LogP contribution in [0.3, 0.4) is 0 Å². The summed E-state index contributed by atoms with van der Waals surface area (Å²) in [5.41, 5.74) is 3.22. The highest BCUT2D eigenvalue weighted by Crippen LogP contribution is 2.24. The zero-order valence-corrected chi connectivity index (χ0v) is 11.9. The van der Waals surface area contributed by atoms with Crippen molar-refractivity contribution < 1.29 is 4.74 Å². The monoisotopic (exact) mass is 283 g/mol. The Morgan fingerprint density at radius 2 is 2.10 bits per heavy atom. The average molecular weight is 283 g/mol. The minimum absolute atomic E-state index is 0.0433. The first-order valence-electron chi connectivity index (χ1n) is 6.92. The molecule has 0 amide bonds. The van der Waals surface area contributed by atoms with E-state index < -0.39 is 0 Å². The molecule has 5 nitrogen and oxygen atoms in total. The molecule has 3 rings (SSSR count). The predicted molar refractivity (Wildman–Crippen MR) is 82.3 cm³/mol. The second-order valence-corrected chi connectivity index (χ2v) is 4.88. The second-order valence-electron chi connectivity index (χ2n) is 4.88. The van der Waals surface area contributed by atoms with E-state index in [9.17, 15) is 4.79 Å². The van der Waals surface area contributed by atoms with Crippen LogP contribution in [0.5, 0.6) is 0 Å². The van der Waals surface area contributed by atoms with Crippen LogP contribution in [0.25, 0.3) is 22.2 Å². The summed E-state index contributed by atoms with van der Waals surface area (Å²) in [5, 5.41) is 0. The largest absolute Gasteiger partial charge is 0.385 e. The molecule has 2 aromatic heterocycles. The third-order valence-corrected chi connectivity index (χ3v) is 3.49. The highest BCUT2D eigenvalue weighted by molar-refractivity contribution is 5.91. The molecule has 0 aliphatic carbocycles. The SMILES string of the molecule is COCCCn1cnc2c(-c3ccccc3)c[nH]c2c1=O. The Hall–Kier alpha value is -2.40. The summed E-state index contributed by atoms with van der Waals surface area (Å²) in [4.78, 5) is 19.9. The fraction of sp³-hybridized carbons (Fsp3) is 0.250. The Labute approximate surface area is 122 Å². The summed E-state index contributed by atoms with van der Waals surface area (Å²) >= 11 is 0. The smallest absolute Gasteiger partial charge is 0.277 e. The molecule has 0 unspecified atom stereocenters. The number of fused-ring (bicyclic) bond motifs is 1. The van der Waals surface area contributed by atoms with Gasteiger partial charge in [0.25, 0.3) is 5.56 Å². The van der Waals surface area contributed by atoms with Crippen LogP contribution in [0.4, 0.5) is 0 Å². The van der Waals surface area contributed by atoms with Crippen molar-refractivity contribution in [3.8, 4) is 11.1 Å². The van der Waals surface area contributed by atoms with Gasteiger partial charge in [0.05, 0.1) is 6.33 Å². The van der Waals surface area contributed by atoms with Gasteiger partial charge in [0.15, 0.2) is 0 Å². The summed E-state index contributed by atoms with van der Waals surface area (Å²) in [5.74, 6) is 0. The van der Waals surface area contributed by atoms with Gasteiger partial charge in [0.1, 0.15) is 11.0 Å². The highest BCUT2D eigenvalue weighted by atomic mass is 16.5. The number of rotatable bonds is 5. The van der Waals surface area contributed by atoms with Crippen molar-refractivity contribution in [2.75, 3.05) is 13.7 Å². The van der Waals surface area contributed by atoms with Crippen molar-refractivity contribution in [3.05, 3.63) is 53.2 Å². The number of H-pyrrole nitrogens is 1. The quantitative estimate of drug-likeness (QED) is 0.732. The molecule has 1 aromatic carbocycles. The van der Waals surface area contributed by atoms with Gasteiger partial charge in [-0.05, 0) is 12.0 Å². The normalized spacial score (nSPS) is 11.1. The molecule has 0 bridgehead atoms. The van der Waals surface area contributed by atoms with Crippen molar-refractivity contribution in [2.45, 2.75) is 13.0 Å². The molecule has 2 heterocycles. The lowest BCUT2D eigenvalue weighted by Crippen LogP contribution is -2.21. The number of nitrogens with zero attached hydrogens (tertiary/aromatic N) is 2. The number of aromatic amines is 1. The van der Waals surface area contributed by atoms with E-state index in [4.69, 9.17) is 4.74 Å². The Bertz CT molecular complexity index is 790. The van der Waals surface area contributed by atoms with Gasteiger partial charge in [-0.3, -0.25) is 9.36 Å². The standard InChI is InChI=1S/C16H17N3O2/c1-21-9-5-8-19-11-18-14-13(10-17-15(14)16(19)20)12-6-3-2-4-7-12/h2-4,6-7,10-11,17H,5,8-9H2,1H3. The van der Waals surface area contributed by atoms with Gasteiger partial charge in [-0.25, -0.2) is 4.98 Å². The maximum Gasteiger partial charge on any atom is 0.277 e. The van der Waals surface area contributed by atoms with Gasteiger partial charge < -0.3 is 9.72 Å². The first kappa shape index (κ1) is 13.6. The molecule has 0 saturated carbocycles. The minimum atomic E-state index is -0.0433. The molecule has 5 heteroatoms.